The molecule has 1 aliphatic rings. The average molecular weight is 152 g/mol. The van der Waals surface area contributed by atoms with Crippen LogP contribution in [0.5, 0.6) is 0 Å². The van der Waals surface area contributed by atoms with Crippen molar-refractivity contribution in [2.24, 2.45) is 11.7 Å². The van der Waals surface area contributed by atoms with Crippen molar-refractivity contribution in [3.63, 3.8) is 0 Å². The van der Waals surface area contributed by atoms with Crippen LogP contribution in [0.1, 0.15) is 12.8 Å². The second-order valence-corrected chi connectivity index (χ2v) is 2.27. The van der Waals surface area contributed by atoms with E-state index >= 15 is 0 Å². The fourth-order valence-electron chi connectivity index (χ4n) is 0.864. The molecule has 1 aliphatic carbocycles. The number of hydrogen-bond acceptors (Lipinski definition) is 2. The fraction of sp³-hybridized carbons (Fsp3) is 0.800. The second kappa shape index (κ2) is 3.03. The van der Waals surface area contributed by atoms with Crippen LogP contribution in [0.25, 0.3) is 0 Å². The number of halogens is 1. The number of carboxylic acids is 1. The van der Waals surface area contributed by atoms with Gasteiger partial charge in [0.1, 0.15) is 0 Å². The Labute approximate surface area is 59.6 Å². The van der Waals surface area contributed by atoms with Crippen LogP contribution in [0, 0.1) is 5.92 Å². The van der Waals surface area contributed by atoms with Crippen LogP contribution >= 0.6 is 12.4 Å². The molecule has 0 heterocycles. The van der Waals surface area contributed by atoms with Gasteiger partial charge in [0.2, 0.25) is 0 Å². The lowest BCUT2D eigenvalue weighted by molar-refractivity contribution is -0.145. The summed E-state index contributed by atoms with van der Waals surface area (Å²) in [7, 11) is 0. The molecule has 0 atom stereocenters. The summed E-state index contributed by atoms with van der Waals surface area (Å²) < 4.78 is 0. The topological polar surface area (TPSA) is 63.3 Å². The Morgan fingerprint density at radius 3 is 2.11 bits per heavy atom. The van der Waals surface area contributed by atoms with Gasteiger partial charge in [-0.15, -0.1) is 12.4 Å². The maximum atomic E-state index is 10.1. The van der Waals surface area contributed by atoms with Crippen LogP contribution < -0.4 is 5.73 Å². The third-order valence-corrected chi connectivity index (χ3v) is 1.52. The van der Waals surface area contributed by atoms with Gasteiger partial charge in [-0.2, -0.15) is 0 Å². The molecule has 3 nitrogen and oxygen atoms in total. The smallest absolute Gasteiger partial charge is 0.306 e. The summed E-state index contributed by atoms with van der Waals surface area (Å²) in [6.45, 7) is 0. The minimum Gasteiger partial charge on any atom is -0.481 e. The summed E-state index contributed by atoms with van der Waals surface area (Å²) in [6.07, 6.45) is 1.32. The molecule has 1 rings (SSSR count). The van der Waals surface area contributed by atoms with Gasteiger partial charge in [0, 0.05) is 6.04 Å². The summed E-state index contributed by atoms with van der Waals surface area (Å²) in [5.74, 6) is -0.850. The van der Waals surface area contributed by atoms with Crippen molar-refractivity contribution in [3.05, 3.63) is 0 Å². The molecule has 0 radical (unpaired) electrons. The molecule has 0 aromatic carbocycles. The van der Waals surface area contributed by atoms with E-state index in [0.717, 1.165) is 0 Å². The zero-order chi connectivity index (χ0) is 6.15. The highest BCUT2D eigenvalue weighted by atomic mass is 35.5. The Kier molecular flexibility index (Phi) is 2.94. The molecule has 4 heteroatoms. The van der Waals surface area contributed by atoms with E-state index in [2.05, 4.69) is 0 Å². The number of hydrogen-bond donors (Lipinski definition) is 2. The Morgan fingerprint density at radius 1 is 1.56 bits per heavy atom. The van der Waals surface area contributed by atoms with Gasteiger partial charge < -0.3 is 10.8 Å². The van der Waals surface area contributed by atoms with Crippen molar-refractivity contribution in [1.29, 1.82) is 0 Å². The molecule has 0 saturated heterocycles. The molecule has 0 aromatic rings. The minimum absolute atomic E-state index is 0. The highest BCUT2D eigenvalue weighted by Gasteiger charge is 2.31. The Balaban J connectivity index is 0.000000640. The number of rotatable bonds is 1. The molecular formula is C5H10ClNO2. The van der Waals surface area contributed by atoms with Gasteiger partial charge in [-0.05, 0) is 12.8 Å². The Morgan fingerprint density at radius 2 is 2.00 bits per heavy atom. The number of carboxylic acid groups (broad SMARTS) is 1. The minimum atomic E-state index is -0.702. The maximum absolute atomic E-state index is 10.1. The SMILES string of the molecule is Cl.N[C@H]1C[C@@H](C(=O)O)C1. The highest BCUT2D eigenvalue weighted by molar-refractivity contribution is 5.85. The van der Waals surface area contributed by atoms with Crippen molar-refractivity contribution >= 4 is 18.4 Å². The van der Waals surface area contributed by atoms with Crippen LogP contribution in [0.2, 0.25) is 0 Å². The summed E-state index contributed by atoms with van der Waals surface area (Å²) in [5.41, 5.74) is 5.34. The quantitative estimate of drug-likeness (QED) is 0.564. The van der Waals surface area contributed by atoms with Crippen molar-refractivity contribution in [3.8, 4) is 0 Å². The summed E-state index contributed by atoms with van der Waals surface area (Å²) in [4.78, 5) is 10.1. The van der Waals surface area contributed by atoms with Crippen LogP contribution in [0.4, 0.5) is 0 Å². The first-order valence-electron chi connectivity index (χ1n) is 2.68. The van der Waals surface area contributed by atoms with Crippen LogP contribution in [0.15, 0.2) is 0 Å². The monoisotopic (exact) mass is 151 g/mol. The third-order valence-electron chi connectivity index (χ3n) is 1.52. The molecule has 0 unspecified atom stereocenters. The Bertz CT molecular complexity index is 112. The van der Waals surface area contributed by atoms with Gasteiger partial charge in [-0.25, -0.2) is 0 Å². The molecule has 0 aromatic heterocycles. The summed E-state index contributed by atoms with van der Waals surface area (Å²) in [5, 5.41) is 8.30. The summed E-state index contributed by atoms with van der Waals surface area (Å²) in [6, 6.07) is 0.149. The first kappa shape index (κ1) is 8.72. The van der Waals surface area contributed by atoms with E-state index in [0.29, 0.717) is 12.8 Å². The standard InChI is InChI=1S/C5H9NO2.ClH/c6-4-1-3(2-4)5(7)8;/h3-4H,1-2,6H2,(H,7,8);1H/t3-,4+;. The first-order chi connectivity index (χ1) is 3.70. The Hall–Kier alpha value is -0.280. The lowest BCUT2D eigenvalue weighted by atomic mass is 9.81. The zero-order valence-corrected chi connectivity index (χ0v) is 5.73. The molecule has 1 saturated carbocycles. The van der Waals surface area contributed by atoms with E-state index < -0.39 is 5.97 Å². The number of aliphatic carboxylic acids is 1. The van der Waals surface area contributed by atoms with E-state index in [-0.39, 0.29) is 24.4 Å². The molecular weight excluding hydrogens is 142 g/mol. The van der Waals surface area contributed by atoms with Gasteiger partial charge in [0.25, 0.3) is 0 Å². The highest BCUT2D eigenvalue weighted by Crippen LogP contribution is 2.24. The molecule has 9 heavy (non-hydrogen) atoms. The third kappa shape index (κ3) is 1.84. The van der Waals surface area contributed by atoms with E-state index in [1.807, 2.05) is 0 Å². The van der Waals surface area contributed by atoms with E-state index in [1.165, 1.54) is 0 Å². The summed E-state index contributed by atoms with van der Waals surface area (Å²) >= 11 is 0. The van der Waals surface area contributed by atoms with E-state index in [4.69, 9.17) is 10.8 Å². The van der Waals surface area contributed by atoms with Gasteiger partial charge in [-0.3, -0.25) is 4.79 Å². The predicted molar refractivity (Wildman–Crippen MR) is 35.6 cm³/mol. The van der Waals surface area contributed by atoms with Gasteiger partial charge in [0.15, 0.2) is 0 Å². The largest absolute Gasteiger partial charge is 0.481 e. The van der Waals surface area contributed by atoms with Crippen LogP contribution in [0.3, 0.4) is 0 Å². The van der Waals surface area contributed by atoms with Gasteiger partial charge in [0.05, 0.1) is 5.92 Å². The number of carbonyl (C=O) groups is 1. The molecule has 0 bridgehead atoms. The normalized spacial score (nSPS) is 32.1. The predicted octanol–water partition coefficient (Wildman–Crippen LogP) is 0.230. The van der Waals surface area contributed by atoms with Crippen molar-refractivity contribution < 1.29 is 9.90 Å². The molecule has 0 spiro atoms. The molecule has 3 N–H and O–H groups in total. The zero-order valence-electron chi connectivity index (χ0n) is 4.91. The molecule has 1 fully saturated rings. The second-order valence-electron chi connectivity index (χ2n) is 2.27. The average Bonchev–Trinajstić information content (AvgIpc) is 1.57. The molecule has 0 amide bonds. The molecule has 0 aliphatic heterocycles. The van der Waals surface area contributed by atoms with Crippen molar-refractivity contribution in [2.45, 2.75) is 18.9 Å². The van der Waals surface area contributed by atoms with Gasteiger partial charge >= 0.3 is 5.97 Å². The maximum Gasteiger partial charge on any atom is 0.306 e. The van der Waals surface area contributed by atoms with E-state index in [1.54, 1.807) is 0 Å². The van der Waals surface area contributed by atoms with Gasteiger partial charge in [-0.1, -0.05) is 0 Å². The van der Waals surface area contributed by atoms with Crippen LogP contribution in [-0.2, 0) is 4.79 Å². The first-order valence-corrected chi connectivity index (χ1v) is 2.68. The number of nitrogens with two attached hydrogens (primary N) is 1. The lowest BCUT2D eigenvalue weighted by Crippen LogP contribution is -2.40. The van der Waals surface area contributed by atoms with Crippen LogP contribution in [-0.4, -0.2) is 17.1 Å². The van der Waals surface area contributed by atoms with E-state index in [9.17, 15) is 4.79 Å². The molecule has 54 valence electrons. The fourth-order valence-corrected chi connectivity index (χ4v) is 0.864. The van der Waals surface area contributed by atoms with Crippen molar-refractivity contribution in [2.75, 3.05) is 0 Å². The van der Waals surface area contributed by atoms with Crippen molar-refractivity contribution in [1.82, 2.24) is 0 Å². The lowest BCUT2D eigenvalue weighted by Gasteiger charge is -2.28.